The van der Waals surface area contributed by atoms with Crippen molar-refractivity contribution in [2.24, 2.45) is 0 Å². The predicted octanol–water partition coefficient (Wildman–Crippen LogP) is 5.02. The fourth-order valence-corrected chi connectivity index (χ4v) is 5.73. The summed E-state index contributed by atoms with van der Waals surface area (Å²) in [5, 5.41) is 3.24. The molecule has 11 heteroatoms. The lowest BCUT2D eigenvalue weighted by Crippen LogP contribution is -2.53. The fraction of sp³-hybridized carbons (Fsp3) is 0.310. The van der Waals surface area contributed by atoms with E-state index in [0.717, 1.165) is 16.4 Å². The number of benzene rings is 3. The van der Waals surface area contributed by atoms with E-state index < -0.39 is 34.3 Å². The maximum Gasteiger partial charge on any atom is 0.264 e. The molecule has 40 heavy (non-hydrogen) atoms. The predicted molar refractivity (Wildman–Crippen MR) is 153 cm³/mol. The minimum absolute atomic E-state index is 0.0254. The Morgan fingerprint density at radius 3 is 2.17 bits per heavy atom. The minimum Gasteiger partial charge on any atom is -0.497 e. The number of nitrogens with zero attached hydrogens (tertiary/aromatic N) is 2. The molecule has 214 valence electrons. The molecule has 3 aromatic carbocycles. The lowest BCUT2D eigenvalue weighted by molar-refractivity contribution is -0.140. The van der Waals surface area contributed by atoms with Gasteiger partial charge >= 0.3 is 0 Å². The van der Waals surface area contributed by atoms with Gasteiger partial charge in [-0.05, 0) is 80.4 Å². The van der Waals surface area contributed by atoms with Gasteiger partial charge in [0.2, 0.25) is 11.8 Å². The largest absolute Gasteiger partial charge is 0.497 e. The number of ether oxygens (including phenoxy) is 1. The van der Waals surface area contributed by atoms with E-state index in [1.54, 1.807) is 31.2 Å². The molecular weight excluding hydrogens is 557 g/mol. The third-order valence-electron chi connectivity index (χ3n) is 6.16. The van der Waals surface area contributed by atoms with Crippen LogP contribution in [0.2, 0.25) is 5.02 Å². The standard InChI is InChI=1S/C29H33ClFN3O5S/c1-5-27(29(36)32-20(2)3)33(18-21-8-6-7-9-26(21)30)28(35)19-34(23-12-10-22(31)11-13-23)40(37,38)25-16-14-24(39-4)15-17-25/h6-17,20,27H,5,18-19H2,1-4H3,(H,32,36)/t27-/m0/s1. The molecule has 8 nitrogen and oxygen atoms in total. The monoisotopic (exact) mass is 589 g/mol. The summed E-state index contributed by atoms with van der Waals surface area (Å²) in [5.41, 5.74) is 0.683. The van der Waals surface area contributed by atoms with Crippen LogP contribution >= 0.6 is 11.6 Å². The molecule has 0 radical (unpaired) electrons. The van der Waals surface area contributed by atoms with Crippen LogP contribution in [0.1, 0.15) is 32.8 Å². The lowest BCUT2D eigenvalue weighted by Gasteiger charge is -2.33. The zero-order chi connectivity index (χ0) is 29.4. The first-order chi connectivity index (χ1) is 19.0. The number of carbonyl (C=O) groups is 2. The number of hydrogen-bond acceptors (Lipinski definition) is 5. The van der Waals surface area contributed by atoms with Gasteiger partial charge in [0.25, 0.3) is 10.0 Å². The van der Waals surface area contributed by atoms with Crippen molar-refractivity contribution in [1.82, 2.24) is 10.2 Å². The quantitative estimate of drug-likeness (QED) is 0.320. The molecule has 0 spiro atoms. The van der Waals surface area contributed by atoms with Crippen LogP contribution in [0.5, 0.6) is 5.75 Å². The Morgan fingerprint density at radius 1 is 1.00 bits per heavy atom. The normalized spacial score (nSPS) is 12.1. The molecule has 3 aromatic rings. The van der Waals surface area contributed by atoms with Gasteiger partial charge in [-0.15, -0.1) is 0 Å². The highest BCUT2D eigenvalue weighted by Gasteiger charge is 2.34. The van der Waals surface area contributed by atoms with Gasteiger partial charge in [0, 0.05) is 17.6 Å². The number of sulfonamides is 1. The fourth-order valence-electron chi connectivity index (χ4n) is 4.12. The summed E-state index contributed by atoms with van der Waals surface area (Å²) >= 11 is 6.39. The maximum atomic E-state index is 14.0. The number of halogens is 2. The molecule has 2 amide bonds. The molecule has 1 atom stereocenters. The molecule has 0 saturated heterocycles. The van der Waals surface area contributed by atoms with E-state index >= 15 is 0 Å². The summed E-state index contributed by atoms with van der Waals surface area (Å²) in [6, 6.07) is 16.3. The van der Waals surface area contributed by atoms with Crippen molar-refractivity contribution in [2.75, 3.05) is 18.0 Å². The first-order valence-corrected chi connectivity index (χ1v) is 14.5. The minimum atomic E-state index is -4.29. The van der Waals surface area contributed by atoms with Crippen LogP contribution < -0.4 is 14.4 Å². The average Bonchev–Trinajstić information content (AvgIpc) is 2.92. The van der Waals surface area contributed by atoms with Crippen molar-refractivity contribution in [3.63, 3.8) is 0 Å². The van der Waals surface area contributed by atoms with E-state index in [0.29, 0.717) is 16.3 Å². The molecule has 0 aliphatic rings. The van der Waals surface area contributed by atoms with Crippen LogP contribution in [0.15, 0.2) is 77.7 Å². The highest BCUT2D eigenvalue weighted by Crippen LogP contribution is 2.27. The molecule has 0 aliphatic heterocycles. The summed E-state index contributed by atoms with van der Waals surface area (Å²) in [7, 11) is -2.83. The molecule has 0 heterocycles. The average molecular weight is 590 g/mol. The third-order valence-corrected chi connectivity index (χ3v) is 8.31. The van der Waals surface area contributed by atoms with Gasteiger partial charge in [0.1, 0.15) is 24.2 Å². The molecule has 0 unspecified atom stereocenters. The van der Waals surface area contributed by atoms with E-state index in [4.69, 9.17) is 16.3 Å². The summed E-state index contributed by atoms with van der Waals surface area (Å²) in [6.07, 6.45) is 0.274. The zero-order valence-electron chi connectivity index (χ0n) is 22.8. The van der Waals surface area contributed by atoms with Gasteiger partial charge in [-0.1, -0.05) is 36.7 Å². The molecule has 1 N–H and O–H groups in total. The van der Waals surface area contributed by atoms with E-state index in [9.17, 15) is 22.4 Å². The second-order valence-corrected chi connectivity index (χ2v) is 11.6. The Bertz CT molecular complexity index is 1420. The van der Waals surface area contributed by atoms with Gasteiger partial charge < -0.3 is 15.0 Å². The summed E-state index contributed by atoms with van der Waals surface area (Å²) < 4.78 is 47.4. The van der Waals surface area contributed by atoms with Crippen LogP contribution in [-0.2, 0) is 26.2 Å². The second kappa shape index (κ2) is 13.6. The zero-order valence-corrected chi connectivity index (χ0v) is 24.4. The molecule has 0 saturated carbocycles. The Hall–Kier alpha value is -3.63. The summed E-state index contributed by atoms with van der Waals surface area (Å²) in [5.74, 6) is -1.11. The van der Waals surface area contributed by atoms with Gasteiger partial charge in [-0.3, -0.25) is 13.9 Å². The van der Waals surface area contributed by atoms with E-state index in [2.05, 4.69) is 5.32 Å². The summed E-state index contributed by atoms with van der Waals surface area (Å²) in [6.45, 7) is 4.71. The molecule has 0 bridgehead atoms. The van der Waals surface area contributed by atoms with Gasteiger partial charge in [-0.2, -0.15) is 0 Å². The van der Waals surface area contributed by atoms with Gasteiger partial charge in [-0.25, -0.2) is 12.8 Å². The second-order valence-electron chi connectivity index (χ2n) is 9.36. The van der Waals surface area contributed by atoms with Crippen LogP contribution in [0.3, 0.4) is 0 Å². The van der Waals surface area contributed by atoms with Crippen molar-refractivity contribution < 1.29 is 27.1 Å². The number of carbonyl (C=O) groups excluding carboxylic acids is 2. The first-order valence-electron chi connectivity index (χ1n) is 12.7. The number of methoxy groups -OCH3 is 1. The number of rotatable bonds is 12. The van der Waals surface area contributed by atoms with E-state index in [-0.39, 0.29) is 35.5 Å². The molecule has 0 fully saturated rings. The van der Waals surface area contributed by atoms with Crippen LogP contribution in [0.25, 0.3) is 0 Å². The Kier molecular flexibility index (Phi) is 10.5. The molecular formula is C29H33ClFN3O5S. The number of hydrogen-bond donors (Lipinski definition) is 1. The Balaban J connectivity index is 2.07. The van der Waals surface area contributed by atoms with Gasteiger partial charge in [0.05, 0.1) is 17.7 Å². The topological polar surface area (TPSA) is 96.0 Å². The van der Waals surface area contributed by atoms with Crippen LogP contribution in [-0.4, -0.2) is 50.9 Å². The molecule has 0 aromatic heterocycles. The lowest BCUT2D eigenvalue weighted by atomic mass is 10.1. The van der Waals surface area contributed by atoms with Crippen LogP contribution in [0.4, 0.5) is 10.1 Å². The van der Waals surface area contributed by atoms with Crippen molar-refractivity contribution >= 4 is 39.1 Å². The van der Waals surface area contributed by atoms with Crippen molar-refractivity contribution in [2.45, 2.75) is 50.7 Å². The Labute approximate surface area is 239 Å². The number of amides is 2. The van der Waals surface area contributed by atoms with E-state index in [1.807, 2.05) is 13.8 Å². The highest BCUT2D eigenvalue weighted by molar-refractivity contribution is 7.92. The summed E-state index contributed by atoms with van der Waals surface area (Å²) in [4.78, 5) is 28.4. The van der Waals surface area contributed by atoms with Gasteiger partial charge in [0.15, 0.2) is 0 Å². The molecule has 0 aliphatic carbocycles. The van der Waals surface area contributed by atoms with Crippen molar-refractivity contribution in [1.29, 1.82) is 0 Å². The van der Waals surface area contributed by atoms with Crippen molar-refractivity contribution in [3.8, 4) is 5.75 Å². The first kappa shape index (κ1) is 30.9. The van der Waals surface area contributed by atoms with Crippen molar-refractivity contribution in [3.05, 3.63) is 89.2 Å². The van der Waals surface area contributed by atoms with Crippen LogP contribution in [0, 0.1) is 5.82 Å². The maximum absolute atomic E-state index is 14.0. The number of nitrogens with one attached hydrogen (secondary N) is 1. The SMILES string of the molecule is CC[C@@H](C(=O)NC(C)C)N(Cc1ccccc1Cl)C(=O)CN(c1ccc(F)cc1)S(=O)(=O)c1ccc(OC)cc1. The Morgan fingerprint density at radius 2 is 1.62 bits per heavy atom. The van der Waals surface area contributed by atoms with E-state index in [1.165, 1.54) is 48.4 Å². The third kappa shape index (κ3) is 7.51. The molecule has 3 rings (SSSR count). The smallest absolute Gasteiger partial charge is 0.264 e. The number of anilines is 1. The highest BCUT2D eigenvalue weighted by atomic mass is 35.5.